The molecule has 6 atom stereocenters. The van der Waals surface area contributed by atoms with Crippen molar-refractivity contribution in [3.8, 4) is 0 Å². The van der Waals surface area contributed by atoms with Gasteiger partial charge in [-0.2, -0.15) is 0 Å². The molecule has 0 aromatic rings. The van der Waals surface area contributed by atoms with Crippen LogP contribution in [-0.4, -0.2) is 70.8 Å². The summed E-state index contributed by atoms with van der Waals surface area (Å²) < 4.78 is 17.3. The lowest BCUT2D eigenvalue weighted by Gasteiger charge is -2.48. The number of aliphatic hydroxyl groups excluding tert-OH is 1. The SMILES string of the molecule is COC1=C(C)C(=O)OC12C(=O)C(C)=C1[C@H](O)CCCN3C(C4C[C@H](C)C(=O)O4)CCC132. The van der Waals surface area contributed by atoms with E-state index < -0.39 is 23.2 Å². The maximum atomic E-state index is 13.8. The number of hydrogen-bond acceptors (Lipinski definition) is 8. The Labute approximate surface area is 181 Å². The first-order valence-electron chi connectivity index (χ1n) is 11.1. The molecule has 3 saturated heterocycles. The highest BCUT2D eigenvalue weighted by Crippen LogP contribution is 2.62. The smallest absolute Gasteiger partial charge is 0.338 e. The van der Waals surface area contributed by atoms with Gasteiger partial charge in [-0.3, -0.25) is 14.5 Å². The molecule has 168 valence electrons. The summed E-state index contributed by atoms with van der Waals surface area (Å²) in [6, 6.07) is -0.123. The quantitative estimate of drug-likeness (QED) is 0.655. The zero-order valence-electron chi connectivity index (χ0n) is 18.4. The summed E-state index contributed by atoms with van der Waals surface area (Å²) in [5.41, 5.74) is -1.33. The summed E-state index contributed by atoms with van der Waals surface area (Å²) in [6.07, 6.45) is 1.91. The lowest BCUT2D eigenvalue weighted by molar-refractivity contribution is -0.169. The van der Waals surface area contributed by atoms with Crippen LogP contribution in [0.25, 0.3) is 0 Å². The van der Waals surface area contributed by atoms with E-state index in [4.69, 9.17) is 14.2 Å². The minimum absolute atomic E-state index is 0.123. The topological polar surface area (TPSA) is 102 Å². The van der Waals surface area contributed by atoms with Crippen LogP contribution in [0.15, 0.2) is 22.5 Å². The number of ketones is 1. The van der Waals surface area contributed by atoms with Gasteiger partial charge in [-0.1, -0.05) is 6.92 Å². The number of cyclic esters (lactones) is 1. The number of carbonyl (C=O) groups excluding carboxylic acids is 3. The van der Waals surface area contributed by atoms with Crippen LogP contribution < -0.4 is 0 Å². The van der Waals surface area contributed by atoms with Gasteiger partial charge in [-0.25, -0.2) is 4.79 Å². The summed E-state index contributed by atoms with van der Waals surface area (Å²) >= 11 is 0. The van der Waals surface area contributed by atoms with E-state index in [2.05, 4.69) is 4.90 Å². The average molecular weight is 431 g/mol. The van der Waals surface area contributed by atoms with Gasteiger partial charge in [0.1, 0.15) is 11.6 Å². The third-order valence-corrected chi connectivity index (χ3v) is 8.10. The molecule has 4 heterocycles. The van der Waals surface area contributed by atoms with Crippen LogP contribution in [0.1, 0.15) is 52.9 Å². The number of hydrogen-bond donors (Lipinski definition) is 1. The van der Waals surface area contributed by atoms with Crippen LogP contribution in [0.4, 0.5) is 0 Å². The Morgan fingerprint density at radius 3 is 2.55 bits per heavy atom. The van der Waals surface area contributed by atoms with Crippen molar-refractivity contribution >= 4 is 17.7 Å². The molecular weight excluding hydrogens is 402 g/mol. The standard InChI is InChI=1S/C23H29NO7/c1-11-10-16(30-20(11)27)14-7-8-22-17(15(25)6-5-9-24(14)22)12(2)18(26)23(22)19(29-4)13(3)21(28)31-23/h11,14-16,25H,5-10H2,1-4H3/t11-,14?,15+,16?,22?,23?/m0/s1. The lowest BCUT2D eigenvalue weighted by Crippen LogP contribution is -2.66. The molecule has 0 aromatic heterocycles. The minimum atomic E-state index is -1.64. The first-order chi connectivity index (χ1) is 14.7. The van der Waals surface area contributed by atoms with Gasteiger partial charge < -0.3 is 19.3 Å². The largest absolute Gasteiger partial charge is 0.496 e. The number of aliphatic hydroxyl groups is 1. The fourth-order valence-electron chi connectivity index (χ4n) is 6.88. The molecule has 0 aromatic carbocycles. The Balaban J connectivity index is 1.71. The van der Waals surface area contributed by atoms with Gasteiger partial charge in [0.15, 0.2) is 5.76 Å². The summed E-state index contributed by atoms with van der Waals surface area (Å²) in [5, 5.41) is 11.1. The van der Waals surface area contributed by atoms with Crippen molar-refractivity contribution in [3.05, 3.63) is 22.5 Å². The van der Waals surface area contributed by atoms with E-state index in [0.29, 0.717) is 43.4 Å². The molecule has 0 bridgehead atoms. The van der Waals surface area contributed by atoms with Crippen LogP contribution in [0.2, 0.25) is 0 Å². The number of esters is 2. The maximum Gasteiger partial charge on any atom is 0.338 e. The Bertz CT molecular complexity index is 952. The molecule has 0 amide bonds. The molecule has 4 unspecified atom stereocenters. The second kappa shape index (κ2) is 6.65. The highest BCUT2D eigenvalue weighted by molar-refractivity contribution is 6.14. The Kier molecular flexibility index (Phi) is 4.44. The normalized spacial score (nSPS) is 42.8. The van der Waals surface area contributed by atoms with Crippen LogP contribution in [-0.2, 0) is 28.6 Å². The maximum absolute atomic E-state index is 13.8. The number of Topliss-reactive ketones (excluding diaryl/α,β-unsaturated/α-hetero) is 1. The Hall–Kier alpha value is -2.19. The predicted octanol–water partition coefficient (Wildman–Crippen LogP) is 1.41. The van der Waals surface area contributed by atoms with E-state index in [1.165, 1.54) is 7.11 Å². The molecule has 1 aliphatic carbocycles. The van der Waals surface area contributed by atoms with Gasteiger partial charge >= 0.3 is 11.9 Å². The molecular formula is C23H29NO7. The monoisotopic (exact) mass is 431 g/mol. The molecule has 8 nitrogen and oxygen atoms in total. The van der Waals surface area contributed by atoms with E-state index in [0.717, 1.165) is 6.42 Å². The first kappa shape index (κ1) is 20.7. The third kappa shape index (κ3) is 2.30. The van der Waals surface area contributed by atoms with Crippen molar-refractivity contribution < 1.29 is 33.7 Å². The Morgan fingerprint density at radius 2 is 1.90 bits per heavy atom. The molecule has 5 rings (SSSR count). The van der Waals surface area contributed by atoms with Crippen molar-refractivity contribution in [1.29, 1.82) is 0 Å². The number of nitrogens with zero attached hydrogens (tertiary/aromatic N) is 1. The van der Waals surface area contributed by atoms with Gasteiger partial charge in [0, 0.05) is 11.6 Å². The van der Waals surface area contributed by atoms with Gasteiger partial charge in [-0.05, 0) is 58.1 Å². The van der Waals surface area contributed by atoms with Crippen molar-refractivity contribution in [1.82, 2.24) is 4.90 Å². The molecule has 0 saturated carbocycles. The van der Waals surface area contributed by atoms with Crippen LogP contribution in [0.5, 0.6) is 0 Å². The number of carbonyl (C=O) groups is 3. The highest BCUT2D eigenvalue weighted by Gasteiger charge is 2.77. The van der Waals surface area contributed by atoms with Crippen LogP contribution in [0, 0.1) is 5.92 Å². The molecule has 5 aliphatic rings. The number of ether oxygens (including phenoxy) is 3. The van der Waals surface area contributed by atoms with E-state index in [1.54, 1.807) is 13.8 Å². The van der Waals surface area contributed by atoms with Crippen LogP contribution >= 0.6 is 0 Å². The molecule has 1 N–H and O–H groups in total. The molecule has 4 aliphatic heterocycles. The average Bonchev–Trinajstić information content (AvgIpc) is 3.36. The Morgan fingerprint density at radius 1 is 1.16 bits per heavy atom. The molecule has 2 spiro atoms. The van der Waals surface area contributed by atoms with Crippen molar-refractivity contribution in [2.24, 2.45) is 5.92 Å². The number of methoxy groups -OCH3 is 1. The zero-order chi connectivity index (χ0) is 22.3. The fourth-order valence-corrected chi connectivity index (χ4v) is 6.88. The van der Waals surface area contributed by atoms with Crippen molar-refractivity contribution in [2.75, 3.05) is 13.7 Å². The predicted molar refractivity (Wildman–Crippen MR) is 108 cm³/mol. The summed E-state index contributed by atoms with van der Waals surface area (Å²) in [4.78, 5) is 40.9. The van der Waals surface area contributed by atoms with Gasteiger partial charge in [0.2, 0.25) is 5.78 Å². The van der Waals surface area contributed by atoms with Crippen molar-refractivity contribution in [3.63, 3.8) is 0 Å². The van der Waals surface area contributed by atoms with Crippen LogP contribution in [0.3, 0.4) is 0 Å². The molecule has 31 heavy (non-hydrogen) atoms. The van der Waals surface area contributed by atoms with Gasteiger partial charge in [0.05, 0.1) is 24.7 Å². The zero-order valence-corrected chi connectivity index (χ0v) is 18.4. The van der Waals surface area contributed by atoms with E-state index in [1.807, 2.05) is 6.92 Å². The minimum Gasteiger partial charge on any atom is -0.496 e. The molecule has 0 radical (unpaired) electrons. The second-order valence-electron chi connectivity index (χ2n) is 9.53. The van der Waals surface area contributed by atoms with E-state index in [-0.39, 0.29) is 41.1 Å². The van der Waals surface area contributed by atoms with Gasteiger partial charge in [-0.15, -0.1) is 0 Å². The molecule has 3 fully saturated rings. The third-order valence-electron chi connectivity index (χ3n) is 8.10. The van der Waals surface area contributed by atoms with Crippen molar-refractivity contribution in [2.45, 2.75) is 82.3 Å². The van der Waals surface area contributed by atoms with Gasteiger partial charge in [0.25, 0.3) is 5.60 Å². The lowest BCUT2D eigenvalue weighted by atomic mass is 9.73. The highest BCUT2D eigenvalue weighted by atomic mass is 16.6. The first-order valence-corrected chi connectivity index (χ1v) is 11.1. The van der Waals surface area contributed by atoms with E-state index >= 15 is 0 Å². The summed E-state index contributed by atoms with van der Waals surface area (Å²) in [7, 11) is 1.45. The van der Waals surface area contributed by atoms with E-state index in [9.17, 15) is 19.5 Å². The molecule has 8 heteroatoms. The summed E-state index contributed by atoms with van der Waals surface area (Å²) in [6.45, 7) is 5.78. The fraction of sp³-hybridized carbons (Fsp3) is 0.696. The summed E-state index contributed by atoms with van der Waals surface area (Å²) in [5.74, 6) is -1.04. The number of rotatable bonds is 2. The second-order valence-corrected chi connectivity index (χ2v) is 9.53.